The number of rotatable bonds is 3. The lowest BCUT2D eigenvalue weighted by Crippen LogP contribution is -2.74. The van der Waals surface area contributed by atoms with Crippen molar-refractivity contribution in [3.8, 4) is 5.75 Å². The average Bonchev–Trinajstić information content (AvgIpc) is 2.85. The van der Waals surface area contributed by atoms with Crippen molar-refractivity contribution < 1.29 is 9.53 Å². The molecule has 4 heteroatoms. The van der Waals surface area contributed by atoms with Gasteiger partial charge in [-0.25, -0.2) is 0 Å². The maximum absolute atomic E-state index is 13.4. The van der Waals surface area contributed by atoms with Crippen LogP contribution in [0.1, 0.15) is 18.9 Å². The number of para-hydroxylation sites is 2. The summed E-state index contributed by atoms with van der Waals surface area (Å²) >= 11 is 1.83. The first-order chi connectivity index (χ1) is 13.7. The van der Waals surface area contributed by atoms with Crippen LogP contribution in [0.25, 0.3) is 0 Å². The Hall–Kier alpha value is -2.72. The molecule has 3 aromatic rings. The van der Waals surface area contributed by atoms with Gasteiger partial charge in [-0.3, -0.25) is 9.69 Å². The second kappa shape index (κ2) is 6.71. The zero-order valence-electron chi connectivity index (χ0n) is 15.6. The molecule has 1 saturated heterocycles. The van der Waals surface area contributed by atoms with Gasteiger partial charge in [-0.05, 0) is 36.2 Å². The molecule has 28 heavy (non-hydrogen) atoms. The molecule has 0 bridgehead atoms. The SMILES string of the molecule is C[C@H]1C[C@@]2(c3ccccc3)[C@H](Oc3ccccc3)C(=O)N2c2ccccc2S1. The standard InChI is InChI=1S/C24H21NO2S/c1-17-16-24(18-10-4-2-5-11-18)22(27-19-12-6-3-7-13-19)23(26)25(24)20-14-8-9-15-21(20)28-17/h2-15,17,22H,16H2,1H3/t17-,22+,24+/m0/s1. The molecule has 2 aliphatic rings. The van der Waals surface area contributed by atoms with Crippen LogP contribution in [-0.4, -0.2) is 17.3 Å². The molecule has 1 fully saturated rings. The highest BCUT2D eigenvalue weighted by molar-refractivity contribution is 8.00. The lowest BCUT2D eigenvalue weighted by molar-refractivity contribution is -0.142. The number of amides is 1. The van der Waals surface area contributed by atoms with Crippen molar-refractivity contribution in [1.29, 1.82) is 0 Å². The lowest BCUT2D eigenvalue weighted by Gasteiger charge is -2.56. The van der Waals surface area contributed by atoms with Crippen LogP contribution in [-0.2, 0) is 10.3 Å². The molecule has 5 rings (SSSR count). The number of nitrogens with zero attached hydrogens (tertiary/aromatic N) is 1. The second-order valence-corrected chi connectivity index (χ2v) is 8.86. The Morgan fingerprint density at radius 1 is 0.929 bits per heavy atom. The third-order valence-electron chi connectivity index (χ3n) is 5.58. The van der Waals surface area contributed by atoms with Crippen LogP contribution in [0.2, 0.25) is 0 Å². The third-order valence-corrected chi connectivity index (χ3v) is 6.75. The molecule has 0 aromatic heterocycles. The molecule has 2 heterocycles. The number of hydrogen-bond donors (Lipinski definition) is 0. The fourth-order valence-electron chi connectivity index (χ4n) is 4.45. The molecule has 140 valence electrons. The predicted molar refractivity (Wildman–Crippen MR) is 113 cm³/mol. The molecular formula is C24H21NO2S. The van der Waals surface area contributed by atoms with E-state index in [2.05, 4.69) is 31.2 Å². The smallest absolute Gasteiger partial charge is 0.271 e. The van der Waals surface area contributed by atoms with E-state index in [9.17, 15) is 4.79 Å². The first kappa shape index (κ1) is 17.4. The highest BCUT2D eigenvalue weighted by atomic mass is 32.2. The van der Waals surface area contributed by atoms with Crippen molar-refractivity contribution in [1.82, 2.24) is 0 Å². The molecule has 3 nitrogen and oxygen atoms in total. The van der Waals surface area contributed by atoms with Gasteiger partial charge in [0.25, 0.3) is 5.91 Å². The van der Waals surface area contributed by atoms with Crippen molar-refractivity contribution in [3.63, 3.8) is 0 Å². The largest absolute Gasteiger partial charge is 0.478 e. The van der Waals surface area contributed by atoms with Gasteiger partial charge in [0, 0.05) is 10.1 Å². The summed E-state index contributed by atoms with van der Waals surface area (Å²) in [6.07, 6.45) is 0.297. The Balaban J connectivity index is 1.67. The molecule has 0 saturated carbocycles. The van der Waals surface area contributed by atoms with E-state index in [1.54, 1.807) is 0 Å². The van der Waals surface area contributed by atoms with Gasteiger partial charge in [-0.1, -0.05) is 67.6 Å². The monoisotopic (exact) mass is 387 g/mol. The van der Waals surface area contributed by atoms with Crippen molar-refractivity contribution in [2.45, 2.75) is 35.1 Å². The average molecular weight is 388 g/mol. The van der Waals surface area contributed by atoms with Gasteiger partial charge >= 0.3 is 0 Å². The van der Waals surface area contributed by atoms with E-state index in [4.69, 9.17) is 4.74 Å². The molecular weight excluding hydrogens is 366 g/mol. The first-order valence-corrected chi connectivity index (χ1v) is 10.4. The highest BCUT2D eigenvalue weighted by Crippen LogP contribution is 2.55. The molecule has 0 spiro atoms. The van der Waals surface area contributed by atoms with Crippen molar-refractivity contribution >= 4 is 23.4 Å². The van der Waals surface area contributed by atoms with Crippen LogP contribution < -0.4 is 9.64 Å². The Morgan fingerprint density at radius 3 is 2.32 bits per heavy atom. The summed E-state index contributed by atoms with van der Waals surface area (Å²) < 4.78 is 6.31. The maximum Gasteiger partial charge on any atom is 0.271 e. The Morgan fingerprint density at radius 2 is 1.57 bits per heavy atom. The summed E-state index contributed by atoms with van der Waals surface area (Å²) in [5, 5.41) is 0.348. The minimum absolute atomic E-state index is 0.0230. The summed E-state index contributed by atoms with van der Waals surface area (Å²) in [7, 11) is 0. The van der Waals surface area contributed by atoms with E-state index in [-0.39, 0.29) is 5.91 Å². The Kier molecular flexibility index (Phi) is 4.17. The summed E-state index contributed by atoms with van der Waals surface area (Å²) in [5.41, 5.74) is 1.60. The maximum atomic E-state index is 13.4. The van der Waals surface area contributed by atoms with Crippen LogP contribution in [0.5, 0.6) is 5.75 Å². The fraction of sp³-hybridized carbons (Fsp3) is 0.208. The molecule has 0 unspecified atom stereocenters. The molecule has 2 aliphatic heterocycles. The van der Waals surface area contributed by atoms with E-state index in [1.807, 2.05) is 77.3 Å². The van der Waals surface area contributed by atoms with Crippen LogP contribution in [0, 0.1) is 0 Å². The van der Waals surface area contributed by atoms with Crippen molar-refractivity contribution in [2.75, 3.05) is 4.90 Å². The van der Waals surface area contributed by atoms with E-state index < -0.39 is 11.6 Å². The van der Waals surface area contributed by atoms with Crippen molar-refractivity contribution in [2.24, 2.45) is 0 Å². The van der Waals surface area contributed by atoms with Gasteiger partial charge in [0.05, 0.1) is 5.69 Å². The third kappa shape index (κ3) is 2.55. The van der Waals surface area contributed by atoms with E-state index >= 15 is 0 Å². The number of carbonyl (C=O) groups is 1. The molecule has 0 aliphatic carbocycles. The van der Waals surface area contributed by atoms with Crippen LogP contribution in [0.15, 0.2) is 89.8 Å². The Labute approximate surface area is 169 Å². The number of β-lactam (4-membered cyclic amide) rings is 1. The number of carbonyl (C=O) groups excluding carboxylic acids is 1. The minimum atomic E-state index is -0.536. The molecule has 0 radical (unpaired) electrons. The Bertz CT molecular complexity index is 1010. The van der Waals surface area contributed by atoms with E-state index in [0.29, 0.717) is 5.25 Å². The van der Waals surface area contributed by atoms with Crippen molar-refractivity contribution in [3.05, 3.63) is 90.5 Å². The number of benzene rings is 3. The van der Waals surface area contributed by atoms with Crippen LogP contribution in [0.4, 0.5) is 5.69 Å². The van der Waals surface area contributed by atoms with Gasteiger partial charge in [0.2, 0.25) is 6.10 Å². The highest BCUT2D eigenvalue weighted by Gasteiger charge is 2.65. The summed E-state index contributed by atoms with van der Waals surface area (Å²) in [4.78, 5) is 16.5. The number of anilines is 1. The molecule has 1 amide bonds. The lowest BCUT2D eigenvalue weighted by atomic mass is 9.71. The number of ether oxygens (including phenoxy) is 1. The zero-order valence-corrected chi connectivity index (χ0v) is 16.4. The van der Waals surface area contributed by atoms with Crippen LogP contribution in [0.3, 0.4) is 0 Å². The van der Waals surface area contributed by atoms with E-state index in [1.165, 1.54) is 0 Å². The number of hydrogen-bond acceptors (Lipinski definition) is 3. The minimum Gasteiger partial charge on any atom is -0.478 e. The van der Waals surface area contributed by atoms with Gasteiger partial charge < -0.3 is 4.74 Å². The van der Waals surface area contributed by atoms with E-state index in [0.717, 1.165) is 28.3 Å². The molecule has 3 atom stereocenters. The second-order valence-electron chi connectivity index (χ2n) is 7.38. The zero-order chi connectivity index (χ0) is 19.1. The van der Waals surface area contributed by atoms with Gasteiger partial charge in [0.1, 0.15) is 11.3 Å². The summed E-state index contributed by atoms with van der Waals surface area (Å²) in [5.74, 6) is 0.753. The number of thioether (sulfide) groups is 1. The fourth-order valence-corrected chi connectivity index (χ4v) is 5.66. The topological polar surface area (TPSA) is 29.5 Å². The predicted octanol–water partition coefficient (Wildman–Crippen LogP) is 5.26. The quantitative estimate of drug-likeness (QED) is 0.574. The van der Waals surface area contributed by atoms with Crippen LogP contribution >= 0.6 is 11.8 Å². The molecule has 0 N–H and O–H groups in total. The van der Waals surface area contributed by atoms with Gasteiger partial charge in [-0.2, -0.15) is 0 Å². The first-order valence-electron chi connectivity index (χ1n) is 9.57. The summed E-state index contributed by atoms with van der Waals surface area (Å²) in [6, 6.07) is 28.2. The van der Waals surface area contributed by atoms with Gasteiger partial charge in [-0.15, -0.1) is 11.8 Å². The molecule has 3 aromatic carbocycles. The summed E-state index contributed by atoms with van der Waals surface area (Å²) in [6.45, 7) is 2.23. The van der Waals surface area contributed by atoms with Gasteiger partial charge in [0.15, 0.2) is 0 Å². The normalized spacial score (nSPS) is 25.9. The number of fused-ring (bicyclic) bond motifs is 3.